The molecule has 0 bridgehead atoms. The summed E-state index contributed by atoms with van der Waals surface area (Å²) in [7, 11) is 0. The maximum atomic E-state index is 12.4. The minimum absolute atomic E-state index is 0.409. The van der Waals surface area contributed by atoms with E-state index < -0.39 is 28.0 Å². The summed E-state index contributed by atoms with van der Waals surface area (Å²) in [6, 6.07) is 2.26. The quantitative estimate of drug-likeness (QED) is 0.454. The summed E-state index contributed by atoms with van der Waals surface area (Å²) < 4.78 is 37.1. The summed E-state index contributed by atoms with van der Waals surface area (Å²) in [5.41, 5.74) is -0.389. The molecular weight excluding hydrogens is 215 g/mol. The van der Waals surface area contributed by atoms with Crippen LogP contribution < -0.4 is 11.3 Å². The number of hydrogen-bond donors (Lipinski definition) is 2. The molecular formula is C7H6F3N3O2. The molecule has 3 N–H and O–H groups in total. The van der Waals surface area contributed by atoms with Crippen molar-refractivity contribution in [2.45, 2.75) is 6.18 Å². The largest absolute Gasteiger partial charge is 0.418 e. The van der Waals surface area contributed by atoms with E-state index >= 15 is 0 Å². The van der Waals surface area contributed by atoms with Crippen LogP contribution in [0.5, 0.6) is 0 Å². The van der Waals surface area contributed by atoms with Gasteiger partial charge in [-0.2, -0.15) is 13.2 Å². The molecule has 0 atom stereocenters. The Morgan fingerprint density at radius 2 is 2.00 bits per heavy atom. The molecule has 1 aromatic carbocycles. The lowest BCUT2D eigenvalue weighted by atomic mass is 10.1. The van der Waals surface area contributed by atoms with Gasteiger partial charge in [0.25, 0.3) is 5.69 Å². The highest BCUT2D eigenvalue weighted by Crippen LogP contribution is 2.36. The van der Waals surface area contributed by atoms with Crippen molar-refractivity contribution < 1.29 is 18.1 Å². The fraction of sp³-hybridized carbons (Fsp3) is 0.143. The van der Waals surface area contributed by atoms with Crippen LogP contribution in [0.15, 0.2) is 18.2 Å². The Morgan fingerprint density at radius 1 is 1.40 bits per heavy atom. The van der Waals surface area contributed by atoms with Gasteiger partial charge in [-0.25, -0.2) is 0 Å². The summed E-state index contributed by atoms with van der Waals surface area (Å²) in [6.45, 7) is 0. The van der Waals surface area contributed by atoms with Crippen molar-refractivity contribution in [1.82, 2.24) is 0 Å². The Kier molecular flexibility index (Phi) is 2.80. The minimum Gasteiger partial charge on any atom is -0.324 e. The first kappa shape index (κ1) is 11.2. The second-order valence-electron chi connectivity index (χ2n) is 2.63. The molecule has 1 rings (SSSR count). The number of alkyl halides is 3. The molecule has 0 saturated carbocycles. The molecule has 0 amide bonds. The molecule has 0 unspecified atom stereocenters. The number of nitrogens with zero attached hydrogens (tertiary/aromatic N) is 1. The Bertz CT molecular complexity index is 392. The lowest BCUT2D eigenvalue weighted by molar-refractivity contribution is -0.385. The van der Waals surface area contributed by atoms with Gasteiger partial charge in [-0.1, -0.05) is 0 Å². The van der Waals surface area contributed by atoms with Crippen molar-refractivity contribution in [3.8, 4) is 0 Å². The Labute approximate surface area is 81.8 Å². The van der Waals surface area contributed by atoms with Gasteiger partial charge in [0, 0.05) is 12.1 Å². The van der Waals surface area contributed by atoms with Gasteiger partial charge >= 0.3 is 6.18 Å². The van der Waals surface area contributed by atoms with E-state index in [1.807, 2.05) is 5.43 Å². The number of anilines is 1. The first-order valence-electron chi connectivity index (χ1n) is 3.68. The van der Waals surface area contributed by atoms with Crippen LogP contribution in [0.1, 0.15) is 5.56 Å². The first-order chi connectivity index (χ1) is 6.86. The van der Waals surface area contributed by atoms with E-state index in [0.717, 1.165) is 12.1 Å². The zero-order valence-corrected chi connectivity index (χ0v) is 7.21. The number of nitrogen functional groups attached to an aromatic ring is 1. The van der Waals surface area contributed by atoms with E-state index in [4.69, 9.17) is 5.84 Å². The molecule has 0 aliphatic rings. The van der Waals surface area contributed by atoms with E-state index in [2.05, 4.69) is 0 Å². The van der Waals surface area contributed by atoms with Gasteiger partial charge in [0.1, 0.15) is 0 Å². The van der Waals surface area contributed by atoms with Crippen molar-refractivity contribution in [2.75, 3.05) is 5.43 Å². The number of halogens is 3. The molecule has 0 aliphatic carbocycles. The highest BCUT2D eigenvalue weighted by atomic mass is 19.4. The molecule has 0 fully saturated rings. The predicted molar refractivity (Wildman–Crippen MR) is 45.9 cm³/mol. The number of nitro benzene ring substituents is 1. The van der Waals surface area contributed by atoms with Crippen molar-refractivity contribution in [3.63, 3.8) is 0 Å². The molecule has 0 aliphatic heterocycles. The third kappa shape index (κ3) is 2.34. The lowest BCUT2D eigenvalue weighted by Gasteiger charge is -2.11. The van der Waals surface area contributed by atoms with Crippen LogP contribution in [-0.2, 0) is 6.18 Å². The van der Waals surface area contributed by atoms with Crippen molar-refractivity contribution in [3.05, 3.63) is 33.9 Å². The highest BCUT2D eigenvalue weighted by molar-refractivity contribution is 5.56. The van der Waals surface area contributed by atoms with Crippen LogP contribution in [0, 0.1) is 10.1 Å². The molecule has 8 heteroatoms. The van der Waals surface area contributed by atoms with Gasteiger partial charge in [0.05, 0.1) is 16.2 Å². The third-order valence-electron chi connectivity index (χ3n) is 1.67. The Morgan fingerprint density at radius 3 is 2.40 bits per heavy atom. The standard InChI is InChI=1S/C7H6F3N3O2/c8-7(9,10)5-3-4(13(14)15)1-2-6(5)12-11/h1-3,12H,11H2. The summed E-state index contributed by atoms with van der Waals surface area (Å²) >= 11 is 0. The molecule has 0 saturated heterocycles. The highest BCUT2D eigenvalue weighted by Gasteiger charge is 2.35. The maximum Gasteiger partial charge on any atom is 0.418 e. The van der Waals surface area contributed by atoms with Crippen molar-refractivity contribution in [1.29, 1.82) is 0 Å². The molecule has 82 valence electrons. The smallest absolute Gasteiger partial charge is 0.324 e. The van der Waals surface area contributed by atoms with E-state index in [1.165, 1.54) is 0 Å². The number of rotatable bonds is 2. The second-order valence-corrected chi connectivity index (χ2v) is 2.63. The van der Waals surface area contributed by atoms with Gasteiger partial charge in [0.2, 0.25) is 0 Å². The maximum absolute atomic E-state index is 12.4. The van der Waals surface area contributed by atoms with Crippen LogP contribution in [0.2, 0.25) is 0 Å². The van der Waals surface area contributed by atoms with E-state index in [0.29, 0.717) is 6.07 Å². The molecule has 15 heavy (non-hydrogen) atoms. The second kappa shape index (κ2) is 3.73. The van der Waals surface area contributed by atoms with Gasteiger partial charge in [-0.3, -0.25) is 16.0 Å². The van der Waals surface area contributed by atoms with Crippen molar-refractivity contribution in [2.24, 2.45) is 5.84 Å². The van der Waals surface area contributed by atoms with Crippen LogP contribution >= 0.6 is 0 Å². The normalized spacial score (nSPS) is 11.2. The van der Waals surface area contributed by atoms with E-state index in [1.54, 1.807) is 0 Å². The summed E-state index contributed by atoms with van der Waals surface area (Å²) in [4.78, 5) is 9.36. The van der Waals surface area contributed by atoms with Gasteiger partial charge < -0.3 is 5.43 Å². The van der Waals surface area contributed by atoms with E-state index in [9.17, 15) is 23.3 Å². The monoisotopic (exact) mass is 221 g/mol. The van der Waals surface area contributed by atoms with Crippen molar-refractivity contribution >= 4 is 11.4 Å². The summed E-state index contributed by atoms with van der Waals surface area (Å²) in [5, 5.41) is 10.3. The zero-order valence-electron chi connectivity index (χ0n) is 7.21. The number of nitrogens with one attached hydrogen (secondary N) is 1. The number of hydrogen-bond acceptors (Lipinski definition) is 4. The molecule has 0 heterocycles. The minimum atomic E-state index is -4.69. The number of non-ortho nitro benzene ring substituents is 1. The van der Waals surface area contributed by atoms with Crippen LogP contribution in [0.25, 0.3) is 0 Å². The fourth-order valence-corrected chi connectivity index (χ4v) is 1.01. The predicted octanol–water partition coefficient (Wildman–Crippen LogP) is 1.90. The first-order valence-corrected chi connectivity index (χ1v) is 3.68. The lowest BCUT2D eigenvalue weighted by Crippen LogP contribution is -2.15. The number of benzene rings is 1. The average molecular weight is 221 g/mol. The molecule has 1 aromatic rings. The average Bonchev–Trinajstić information content (AvgIpc) is 2.15. The molecule has 5 nitrogen and oxygen atoms in total. The number of nitrogens with two attached hydrogens (primary N) is 1. The van der Waals surface area contributed by atoms with Crippen LogP contribution in [0.4, 0.5) is 24.5 Å². The van der Waals surface area contributed by atoms with Gasteiger partial charge in [0.15, 0.2) is 0 Å². The van der Waals surface area contributed by atoms with Gasteiger partial charge in [-0.05, 0) is 6.07 Å². The Balaban J connectivity index is 3.32. The summed E-state index contributed by atoms with van der Waals surface area (Å²) in [6.07, 6.45) is -4.69. The third-order valence-corrected chi connectivity index (χ3v) is 1.67. The molecule has 0 radical (unpaired) electrons. The SMILES string of the molecule is NNc1ccc([N+](=O)[O-])cc1C(F)(F)F. The topological polar surface area (TPSA) is 81.2 Å². The molecule has 0 aromatic heterocycles. The number of nitro groups is 1. The number of hydrazine groups is 1. The molecule has 0 spiro atoms. The van der Waals surface area contributed by atoms with Crippen LogP contribution in [-0.4, -0.2) is 4.92 Å². The summed E-state index contributed by atoms with van der Waals surface area (Å²) in [5.74, 6) is 4.85. The van der Waals surface area contributed by atoms with E-state index in [-0.39, 0.29) is 0 Å². The Hall–Kier alpha value is -1.83. The van der Waals surface area contributed by atoms with Crippen LogP contribution in [0.3, 0.4) is 0 Å². The fourth-order valence-electron chi connectivity index (χ4n) is 1.01. The van der Waals surface area contributed by atoms with Gasteiger partial charge in [-0.15, -0.1) is 0 Å². The zero-order chi connectivity index (χ0) is 11.6.